The van der Waals surface area contributed by atoms with E-state index in [4.69, 9.17) is 0 Å². The summed E-state index contributed by atoms with van der Waals surface area (Å²) in [4.78, 5) is 24.4. The highest BCUT2D eigenvalue weighted by molar-refractivity contribution is 6.04. The lowest BCUT2D eigenvalue weighted by atomic mass is 10.2. The largest absolute Gasteiger partial charge is 0.319 e. The van der Waals surface area contributed by atoms with Crippen molar-refractivity contribution in [3.8, 4) is 5.95 Å². The maximum absolute atomic E-state index is 12.8. The van der Waals surface area contributed by atoms with Crippen LogP contribution >= 0.6 is 0 Å². The van der Waals surface area contributed by atoms with E-state index in [1.54, 1.807) is 17.0 Å². The number of imidazole rings is 1. The van der Waals surface area contributed by atoms with Crippen LogP contribution in [0.15, 0.2) is 49.1 Å². The molecule has 0 unspecified atom stereocenters. The minimum atomic E-state index is -0.389. The summed E-state index contributed by atoms with van der Waals surface area (Å²) < 4.78 is 14.6. The molecule has 6 nitrogen and oxygen atoms in total. The Morgan fingerprint density at radius 1 is 1.14 bits per heavy atom. The Morgan fingerprint density at radius 3 is 2.41 bits per heavy atom. The van der Waals surface area contributed by atoms with Gasteiger partial charge in [0, 0.05) is 18.0 Å². The van der Waals surface area contributed by atoms with Gasteiger partial charge in [0.05, 0.1) is 18.1 Å². The number of hydrogen-bond acceptors (Lipinski definition) is 4. The van der Waals surface area contributed by atoms with Crippen LogP contribution in [0.3, 0.4) is 0 Å². The number of rotatable bonds is 3. The first-order valence-corrected chi connectivity index (χ1v) is 6.53. The van der Waals surface area contributed by atoms with Crippen molar-refractivity contribution in [3.63, 3.8) is 0 Å². The second kappa shape index (κ2) is 5.72. The van der Waals surface area contributed by atoms with E-state index < -0.39 is 0 Å². The van der Waals surface area contributed by atoms with Gasteiger partial charge in [-0.3, -0.25) is 9.36 Å². The van der Waals surface area contributed by atoms with Crippen LogP contribution in [0.25, 0.3) is 5.95 Å². The maximum Gasteiger partial charge on any atom is 0.255 e. The lowest BCUT2D eigenvalue weighted by Gasteiger charge is -2.06. The Morgan fingerprint density at radius 2 is 1.82 bits per heavy atom. The molecular weight excluding hydrogens is 285 g/mol. The van der Waals surface area contributed by atoms with Crippen molar-refractivity contribution in [1.82, 2.24) is 19.5 Å². The Balaban J connectivity index is 1.75. The molecule has 1 N–H and O–H groups in total. The number of carbonyl (C=O) groups excluding carboxylic acids is 1. The predicted octanol–water partition coefficient (Wildman–Crippen LogP) is 2.36. The van der Waals surface area contributed by atoms with Gasteiger partial charge in [0.15, 0.2) is 0 Å². The summed E-state index contributed by atoms with van der Waals surface area (Å²) in [5.74, 6) is 0.493. The van der Waals surface area contributed by atoms with Crippen LogP contribution < -0.4 is 5.32 Å². The van der Waals surface area contributed by atoms with Crippen LogP contribution in [0.5, 0.6) is 0 Å². The molecule has 0 aliphatic heterocycles. The average molecular weight is 297 g/mol. The van der Waals surface area contributed by atoms with Crippen molar-refractivity contribution in [2.24, 2.45) is 0 Å². The first kappa shape index (κ1) is 13.9. The summed E-state index contributed by atoms with van der Waals surface area (Å²) in [7, 11) is 0. The monoisotopic (exact) mass is 297 g/mol. The zero-order chi connectivity index (χ0) is 15.5. The number of anilines is 1. The predicted molar refractivity (Wildman–Crippen MR) is 78.2 cm³/mol. The van der Waals surface area contributed by atoms with Crippen molar-refractivity contribution in [1.29, 1.82) is 0 Å². The average Bonchev–Trinajstić information content (AvgIpc) is 2.95. The van der Waals surface area contributed by atoms with Gasteiger partial charge in [-0.15, -0.1) is 0 Å². The van der Waals surface area contributed by atoms with E-state index >= 15 is 0 Å². The minimum Gasteiger partial charge on any atom is -0.319 e. The summed E-state index contributed by atoms with van der Waals surface area (Å²) in [6, 6.07) is 5.29. The highest BCUT2D eigenvalue weighted by atomic mass is 19.1. The van der Waals surface area contributed by atoms with Gasteiger partial charge in [-0.05, 0) is 31.2 Å². The van der Waals surface area contributed by atoms with E-state index in [0.717, 1.165) is 5.82 Å². The molecular formula is C15H12FN5O. The summed E-state index contributed by atoms with van der Waals surface area (Å²) in [6.45, 7) is 1.84. The van der Waals surface area contributed by atoms with Gasteiger partial charge in [0.2, 0.25) is 5.95 Å². The molecule has 0 spiro atoms. The fraction of sp³-hybridized carbons (Fsp3) is 0.0667. The second-order valence-corrected chi connectivity index (χ2v) is 4.58. The van der Waals surface area contributed by atoms with Crippen molar-refractivity contribution >= 4 is 11.6 Å². The van der Waals surface area contributed by atoms with Gasteiger partial charge in [0.1, 0.15) is 11.6 Å². The first-order chi connectivity index (χ1) is 10.6. The molecule has 0 aliphatic rings. The molecule has 0 fully saturated rings. The lowest BCUT2D eigenvalue weighted by molar-refractivity contribution is 0.102. The van der Waals surface area contributed by atoms with Gasteiger partial charge < -0.3 is 5.32 Å². The number of aryl methyl sites for hydroxylation is 1. The zero-order valence-electron chi connectivity index (χ0n) is 11.7. The van der Waals surface area contributed by atoms with Crippen LogP contribution in [0, 0.1) is 12.7 Å². The van der Waals surface area contributed by atoms with Gasteiger partial charge >= 0.3 is 0 Å². The van der Waals surface area contributed by atoms with Crippen molar-refractivity contribution in [2.45, 2.75) is 6.92 Å². The van der Waals surface area contributed by atoms with E-state index in [1.807, 2.05) is 6.92 Å². The van der Waals surface area contributed by atoms with Gasteiger partial charge in [-0.1, -0.05) is 0 Å². The third kappa shape index (κ3) is 2.83. The quantitative estimate of drug-likeness (QED) is 0.805. The number of carbonyl (C=O) groups is 1. The molecule has 7 heteroatoms. The van der Waals surface area contributed by atoms with Crippen molar-refractivity contribution < 1.29 is 9.18 Å². The number of nitrogens with zero attached hydrogens (tertiary/aromatic N) is 4. The third-order valence-electron chi connectivity index (χ3n) is 3.04. The van der Waals surface area contributed by atoms with E-state index in [-0.39, 0.29) is 11.7 Å². The zero-order valence-corrected chi connectivity index (χ0v) is 11.7. The van der Waals surface area contributed by atoms with Crippen molar-refractivity contribution in [3.05, 3.63) is 66.3 Å². The fourth-order valence-corrected chi connectivity index (χ4v) is 1.90. The smallest absolute Gasteiger partial charge is 0.255 e. The topological polar surface area (TPSA) is 72.7 Å². The third-order valence-corrected chi connectivity index (χ3v) is 3.04. The summed E-state index contributed by atoms with van der Waals surface area (Å²) in [5.41, 5.74) is 0.812. The van der Waals surface area contributed by atoms with Crippen LogP contribution in [0.1, 0.15) is 16.2 Å². The molecule has 0 saturated carbocycles. The SMILES string of the molecule is Cc1nccn1-c1ncc(NC(=O)c2ccc(F)cc2)cn1. The Hall–Kier alpha value is -3.09. The number of nitrogens with one attached hydrogen (secondary N) is 1. The van der Waals surface area contributed by atoms with Crippen LogP contribution in [0.2, 0.25) is 0 Å². The molecule has 0 atom stereocenters. The highest BCUT2D eigenvalue weighted by Gasteiger charge is 2.08. The van der Waals surface area contributed by atoms with Crippen LogP contribution in [-0.2, 0) is 0 Å². The molecule has 110 valence electrons. The summed E-state index contributed by atoms with van der Waals surface area (Å²) >= 11 is 0. The van der Waals surface area contributed by atoms with E-state index in [1.165, 1.54) is 36.7 Å². The number of benzene rings is 1. The molecule has 1 aromatic carbocycles. The van der Waals surface area contributed by atoms with Gasteiger partial charge in [0.25, 0.3) is 5.91 Å². The normalized spacial score (nSPS) is 10.5. The van der Waals surface area contributed by atoms with E-state index in [0.29, 0.717) is 17.2 Å². The number of halogens is 1. The molecule has 0 bridgehead atoms. The minimum absolute atomic E-state index is 0.352. The molecule has 0 saturated heterocycles. The highest BCUT2D eigenvalue weighted by Crippen LogP contribution is 2.10. The number of aromatic nitrogens is 4. The second-order valence-electron chi connectivity index (χ2n) is 4.58. The Bertz CT molecular complexity index is 796. The van der Waals surface area contributed by atoms with Crippen LogP contribution in [0.4, 0.5) is 10.1 Å². The molecule has 3 rings (SSSR count). The summed E-state index contributed by atoms with van der Waals surface area (Å²) in [5, 5.41) is 2.65. The molecule has 2 heterocycles. The first-order valence-electron chi connectivity index (χ1n) is 6.53. The standard InChI is InChI=1S/C15H12FN5O/c1-10-17-6-7-21(10)15-18-8-13(9-19-15)20-14(22)11-2-4-12(16)5-3-11/h2-9H,1H3,(H,20,22). The Kier molecular flexibility index (Phi) is 3.61. The van der Waals surface area contributed by atoms with Gasteiger partial charge in [-0.25, -0.2) is 19.3 Å². The maximum atomic E-state index is 12.8. The van der Waals surface area contributed by atoms with Crippen molar-refractivity contribution in [2.75, 3.05) is 5.32 Å². The molecule has 0 radical (unpaired) electrons. The van der Waals surface area contributed by atoms with E-state index in [9.17, 15) is 9.18 Å². The molecule has 0 aliphatic carbocycles. The fourth-order valence-electron chi connectivity index (χ4n) is 1.90. The molecule has 1 amide bonds. The lowest BCUT2D eigenvalue weighted by Crippen LogP contribution is -2.13. The number of hydrogen-bond donors (Lipinski definition) is 1. The Labute approximate surface area is 125 Å². The molecule has 2 aromatic heterocycles. The number of amides is 1. The van der Waals surface area contributed by atoms with E-state index in [2.05, 4.69) is 20.3 Å². The van der Waals surface area contributed by atoms with Gasteiger partial charge in [-0.2, -0.15) is 0 Å². The molecule has 3 aromatic rings. The summed E-state index contributed by atoms with van der Waals surface area (Å²) in [6.07, 6.45) is 6.41. The molecule has 22 heavy (non-hydrogen) atoms. The van der Waals surface area contributed by atoms with Crippen LogP contribution in [-0.4, -0.2) is 25.4 Å².